The van der Waals surface area contributed by atoms with Crippen molar-refractivity contribution in [3.05, 3.63) is 40.2 Å². The third kappa shape index (κ3) is 4.58. The van der Waals surface area contributed by atoms with Crippen LogP contribution in [-0.2, 0) is 16.1 Å². The fourth-order valence-corrected chi connectivity index (χ4v) is 3.54. The maximum Gasteiger partial charge on any atom is 0.353 e. The lowest BCUT2D eigenvalue weighted by atomic mass is 10.1. The van der Waals surface area contributed by atoms with E-state index in [0.717, 1.165) is 23.6 Å². The Bertz CT molecular complexity index is 978. The van der Waals surface area contributed by atoms with Crippen LogP contribution < -0.4 is 19.7 Å². The topological polar surface area (TPSA) is 132 Å². The Balaban J connectivity index is 1.42. The van der Waals surface area contributed by atoms with Crippen molar-refractivity contribution in [2.24, 2.45) is 0 Å². The summed E-state index contributed by atoms with van der Waals surface area (Å²) in [7, 11) is 1.24. The largest absolute Gasteiger partial charge is 0.468 e. The van der Waals surface area contributed by atoms with E-state index in [-0.39, 0.29) is 30.7 Å². The number of nitrogens with zero attached hydrogens (tertiary/aromatic N) is 5. The van der Waals surface area contributed by atoms with Crippen LogP contribution in [0.4, 0.5) is 17.3 Å². The molecule has 0 saturated carbocycles. The van der Waals surface area contributed by atoms with Crippen molar-refractivity contribution < 1.29 is 23.9 Å². The third-order valence-electron chi connectivity index (χ3n) is 5.13. The summed E-state index contributed by atoms with van der Waals surface area (Å²) < 4.78 is 15.3. The number of carbonyl (C=O) groups excluding carboxylic acids is 1. The molecule has 31 heavy (non-hydrogen) atoms. The van der Waals surface area contributed by atoms with E-state index < -0.39 is 10.9 Å². The molecule has 3 heterocycles. The Kier molecular flexibility index (Phi) is 5.98. The Labute approximate surface area is 177 Å². The van der Waals surface area contributed by atoms with Crippen LogP contribution in [-0.4, -0.2) is 72.4 Å². The number of anilines is 2. The Hall–Kier alpha value is -3.67. The van der Waals surface area contributed by atoms with Crippen LogP contribution in [0.15, 0.2) is 24.5 Å². The average Bonchev–Trinajstić information content (AvgIpc) is 3.25. The molecular formula is C19H22N6O6. The Morgan fingerprint density at radius 3 is 2.74 bits per heavy atom. The van der Waals surface area contributed by atoms with Crippen molar-refractivity contribution in [2.45, 2.75) is 6.54 Å². The van der Waals surface area contributed by atoms with Gasteiger partial charge in [0.1, 0.15) is 12.9 Å². The summed E-state index contributed by atoms with van der Waals surface area (Å²) in [5, 5.41) is 14.4. The number of fused-ring (bicyclic) bond motifs is 1. The van der Waals surface area contributed by atoms with Crippen molar-refractivity contribution in [2.75, 3.05) is 56.8 Å². The highest BCUT2D eigenvalue weighted by Gasteiger charge is 2.29. The van der Waals surface area contributed by atoms with E-state index in [2.05, 4.69) is 24.9 Å². The second kappa shape index (κ2) is 9.00. The van der Waals surface area contributed by atoms with Crippen molar-refractivity contribution in [3.8, 4) is 11.5 Å². The van der Waals surface area contributed by atoms with Crippen molar-refractivity contribution in [1.82, 2.24) is 14.9 Å². The number of nitrogens with one attached hydrogen (secondary N) is 1. The van der Waals surface area contributed by atoms with Crippen LogP contribution in [0.2, 0.25) is 0 Å². The number of rotatable bonds is 7. The van der Waals surface area contributed by atoms with E-state index in [0.29, 0.717) is 26.2 Å². The quantitative estimate of drug-likeness (QED) is 0.383. The normalized spacial score (nSPS) is 15.6. The number of nitro groups is 1. The first-order valence-electron chi connectivity index (χ1n) is 9.71. The summed E-state index contributed by atoms with van der Waals surface area (Å²) >= 11 is 0. The van der Waals surface area contributed by atoms with Gasteiger partial charge >= 0.3 is 11.7 Å². The molecule has 0 amide bonds. The highest BCUT2D eigenvalue weighted by molar-refractivity contribution is 5.77. The lowest BCUT2D eigenvalue weighted by Crippen LogP contribution is -2.46. The molecule has 2 aromatic rings. The van der Waals surface area contributed by atoms with E-state index >= 15 is 0 Å². The second-order valence-electron chi connectivity index (χ2n) is 7.03. The van der Waals surface area contributed by atoms with Crippen LogP contribution in [0.5, 0.6) is 11.5 Å². The van der Waals surface area contributed by atoms with E-state index in [4.69, 9.17) is 9.47 Å². The average molecular weight is 430 g/mol. The molecule has 1 fully saturated rings. The van der Waals surface area contributed by atoms with Crippen LogP contribution in [0, 0.1) is 10.1 Å². The zero-order valence-electron chi connectivity index (χ0n) is 16.9. The van der Waals surface area contributed by atoms with Crippen molar-refractivity contribution in [1.29, 1.82) is 0 Å². The molecule has 0 spiro atoms. The van der Waals surface area contributed by atoms with Crippen LogP contribution in [0.25, 0.3) is 0 Å². The van der Waals surface area contributed by atoms with Gasteiger partial charge < -0.3 is 24.4 Å². The predicted octanol–water partition coefficient (Wildman–Crippen LogP) is 1.02. The zero-order chi connectivity index (χ0) is 21.8. The van der Waals surface area contributed by atoms with Gasteiger partial charge in [0.25, 0.3) is 0 Å². The van der Waals surface area contributed by atoms with Gasteiger partial charge in [-0.2, -0.15) is 0 Å². The first-order chi connectivity index (χ1) is 15.0. The molecule has 0 aliphatic carbocycles. The second-order valence-corrected chi connectivity index (χ2v) is 7.03. The van der Waals surface area contributed by atoms with Gasteiger partial charge in [-0.3, -0.25) is 19.8 Å². The van der Waals surface area contributed by atoms with Gasteiger partial charge in [0.2, 0.25) is 18.4 Å². The highest BCUT2D eigenvalue weighted by atomic mass is 16.7. The molecule has 12 nitrogen and oxygen atoms in total. The number of hydrogen-bond acceptors (Lipinski definition) is 11. The minimum absolute atomic E-state index is 0.0109. The molecule has 4 rings (SSSR count). The summed E-state index contributed by atoms with van der Waals surface area (Å²) in [6.45, 7) is 3.31. The van der Waals surface area contributed by atoms with Crippen molar-refractivity contribution in [3.63, 3.8) is 0 Å². The highest BCUT2D eigenvalue weighted by Crippen LogP contribution is 2.34. The SMILES string of the molecule is COC(=O)CNc1ncnc(N2CCN(Cc3ccc4c(c3)OCO4)CC2)c1[N+](=O)[O-]. The molecule has 1 saturated heterocycles. The molecule has 1 aromatic carbocycles. The fraction of sp³-hybridized carbons (Fsp3) is 0.421. The van der Waals surface area contributed by atoms with Crippen LogP contribution in [0.3, 0.4) is 0 Å². The van der Waals surface area contributed by atoms with E-state index in [1.807, 2.05) is 23.1 Å². The lowest BCUT2D eigenvalue weighted by molar-refractivity contribution is -0.383. The standard InChI is InChI=1S/C19H22N6O6/c1-29-16(26)9-20-18-17(25(27)28)19(22-11-21-18)24-6-4-23(5-7-24)10-13-2-3-14-15(8-13)31-12-30-14/h2-3,8,11H,4-7,9-10,12H2,1H3,(H,20,21,22). The van der Waals surface area contributed by atoms with E-state index in [9.17, 15) is 14.9 Å². The smallest absolute Gasteiger partial charge is 0.353 e. The fourth-order valence-electron chi connectivity index (χ4n) is 3.54. The maximum atomic E-state index is 11.7. The van der Waals surface area contributed by atoms with Gasteiger partial charge in [-0.15, -0.1) is 0 Å². The Morgan fingerprint density at radius 1 is 1.23 bits per heavy atom. The van der Waals surface area contributed by atoms with Gasteiger partial charge in [0, 0.05) is 32.7 Å². The van der Waals surface area contributed by atoms with Gasteiger partial charge in [-0.25, -0.2) is 9.97 Å². The monoisotopic (exact) mass is 430 g/mol. The first-order valence-corrected chi connectivity index (χ1v) is 9.71. The van der Waals surface area contributed by atoms with E-state index in [1.165, 1.54) is 13.4 Å². The molecule has 1 aromatic heterocycles. The number of esters is 1. The van der Waals surface area contributed by atoms with Crippen LogP contribution >= 0.6 is 0 Å². The molecule has 164 valence electrons. The molecule has 2 aliphatic heterocycles. The summed E-state index contributed by atoms with van der Waals surface area (Å²) in [6, 6.07) is 5.89. The summed E-state index contributed by atoms with van der Waals surface area (Å²) in [5.41, 5.74) is 0.857. The van der Waals surface area contributed by atoms with Crippen molar-refractivity contribution >= 4 is 23.3 Å². The first kappa shape index (κ1) is 20.6. The summed E-state index contributed by atoms with van der Waals surface area (Å²) in [4.78, 5) is 34.7. The number of piperazine rings is 1. The van der Waals surface area contributed by atoms with Gasteiger partial charge in [0.15, 0.2) is 11.5 Å². The van der Waals surface area contributed by atoms with E-state index in [1.54, 1.807) is 0 Å². The zero-order valence-corrected chi connectivity index (χ0v) is 16.9. The minimum atomic E-state index is -0.549. The molecule has 1 N–H and O–H groups in total. The van der Waals surface area contributed by atoms with Crippen LogP contribution in [0.1, 0.15) is 5.56 Å². The molecular weight excluding hydrogens is 408 g/mol. The number of ether oxygens (including phenoxy) is 3. The molecule has 0 unspecified atom stereocenters. The van der Waals surface area contributed by atoms with Gasteiger partial charge in [-0.05, 0) is 17.7 Å². The molecule has 0 radical (unpaired) electrons. The number of carbonyl (C=O) groups is 1. The van der Waals surface area contributed by atoms with Gasteiger partial charge in [-0.1, -0.05) is 6.07 Å². The predicted molar refractivity (Wildman–Crippen MR) is 109 cm³/mol. The summed E-state index contributed by atoms with van der Waals surface area (Å²) in [5.74, 6) is 1.17. The molecule has 0 atom stereocenters. The Morgan fingerprint density at radius 2 is 2.00 bits per heavy atom. The third-order valence-corrected chi connectivity index (χ3v) is 5.13. The minimum Gasteiger partial charge on any atom is -0.468 e. The molecule has 0 bridgehead atoms. The number of aromatic nitrogens is 2. The summed E-state index contributed by atoms with van der Waals surface area (Å²) in [6.07, 6.45) is 1.25. The number of benzene rings is 1. The molecule has 2 aliphatic rings. The number of hydrogen-bond donors (Lipinski definition) is 1. The number of methoxy groups -OCH3 is 1. The van der Waals surface area contributed by atoms with Gasteiger partial charge in [0.05, 0.1) is 12.0 Å². The molecule has 12 heteroatoms. The maximum absolute atomic E-state index is 11.7. The lowest BCUT2D eigenvalue weighted by Gasteiger charge is -2.35.